The average molecular weight is 289 g/mol. The highest BCUT2D eigenvalue weighted by Crippen LogP contribution is 2.24. The van der Waals surface area contributed by atoms with E-state index in [0.29, 0.717) is 11.1 Å². The number of nitrogens with one attached hydrogen (secondary N) is 1. The summed E-state index contributed by atoms with van der Waals surface area (Å²) in [5.41, 5.74) is 3.01. The minimum absolute atomic E-state index is 0.0596. The number of hydrogen-bond donors (Lipinski definition) is 1. The van der Waals surface area contributed by atoms with E-state index in [1.54, 1.807) is 6.92 Å². The maximum atomic E-state index is 14.0. The van der Waals surface area contributed by atoms with Crippen LogP contribution in [0.3, 0.4) is 0 Å². The number of aryl methyl sites for hydroxylation is 2. The fourth-order valence-electron chi connectivity index (χ4n) is 2.41. The van der Waals surface area contributed by atoms with E-state index in [1.165, 1.54) is 17.7 Å². The number of halogens is 2. The predicted octanol–water partition coefficient (Wildman–Crippen LogP) is 4.99. The van der Waals surface area contributed by atoms with Crippen LogP contribution in [0, 0.1) is 25.5 Å². The summed E-state index contributed by atoms with van der Waals surface area (Å²) in [7, 11) is 0. The van der Waals surface area contributed by atoms with Gasteiger partial charge in [0.2, 0.25) is 0 Å². The van der Waals surface area contributed by atoms with Crippen LogP contribution in [0.2, 0.25) is 0 Å². The van der Waals surface area contributed by atoms with Gasteiger partial charge < -0.3 is 5.32 Å². The van der Waals surface area contributed by atoms with E-state index >= 15 is 0 Å². The third kappa shape index (κ3) is 3.67. The summed E-state index contributed by atoms with van der Waals surface area (Å²) in [5.74, 6) is -0.743. The van der Waals surface area contributed by atoms with E-state index < -0.39 is 0 Å². The highest BCUT2D eigenvalue weighted by atomic mass is 19.1. The minimum atomic E-state index is -0.372. The first kappa shape index (κ1) is 15.6. The molecule has 2 rings (SSSR count). The fraction of sp³-hybridized carbons (Fsp3) is 0.333. The Balaban J connectivity index is 2.15. The number of rotatable bonds is 4. The van der Waals surface area contributed by atoms with Gasteiger partial charge in [0.25, 0.3) is 0 Å². The molecule has 0 aliphatic heterocycles. The molecule has 0 spiro atoms. The molecule has 3 heteroatoms. The third-order valence-corrected chi connectivity index (χ3v) is 3.82. The number of hydrogen-bond acceptors (Lipinski definition) is 1. The lowest BCUT2D eigenvalue weighted by atomic mass is 10.0. The second-order valence-electron chi connectivity index (χ2n) is 5.64. The summed E-state index contributed by atoms with van der Waals surface area (Å²) >= 11 is 0. The third-order valence-electron chi connectivity index (χ3n) is 3.82. The molecule has 21 heavy (non-hydrogen) atoms. The molecule has 112 valence electrons. The lowest BCUT2D eigenvalue weighted by Crippen LogP contribution is -2.23. The van der Waals surface area contributed by atoms with Crippen LogP contribution >= 0.6 is 0 Å². The molecule has 2 atom stereocenters. The zero-order chi connectivity index (χ0) is 15.6. The first-order valence-corrected chi connectivity index (χ1v) is 7.16. The van der Waals surface area contributed by atoms with Gasteiger partial charge in [-0.2, -0.15) is 0 Å². The highest BCUT2D eigenvalue weighted by molar-refractivity contribution is 5.28. The van der Waals surface area contributed by atoms with Crippen LogP contribution in [0.25, 0.3) is 0 Å². The van der Waals surface area contributed by atoms with E-state index in [-0.39, 0.29) is 23.7 Å². The first-order valence-electron chi connectivity index (χ1n) is 7.16. The Morgan fingerprint density at radius 3 is 2.10 bits per heavy atom. The Morgan fingerprint density at radius 2 is 1.48 bits per heavy atom. The average Bonchev–Trinajstić information content (AvgIpc) is 2.43. The van der Waals surface area contributed by atoms with Gasteiger partial charge in [-0.25, -0.2) is 8.78 Å². The van der Waals surface area contributed by atoms with Crippen molar-refractivity contribution in [3.05, 3.63) is 70.3 Å². The Morgan fingerprint density at radius 1 is 0.857 bits per heavy atom. The van der Waals surface area contributed by atoms with Gasteiger partial charge in [0.1, 0.15) is 11.6 Å². The standard InChI is InChI=1S/C18H21F2N/c1-11-5-7-15(8-6-11)13(3)21-14(4)16-10-17(19)12(2)9-18(16)20/h5-10,13-14,21H,1-4H3. The van der Waals surface area contributed by atoms with Gasteiger partial charge >= 0.3 is 0 Å². The molecule has 1 nitrogen and oxygen atoms in total. The smallest absolute Gasteiger partial charge is 0.128 e. The molecule has 0 saturated carbocycles. The summed E-state index contributed by atoms with van der Waals surface area (Å²) in [5, 5.41) is 3.31. The molecule has 0 aliphatic rings. The maximum absolute atomic E-state index is 14.0. The van der Waals surface area contributed by atoms with Gasteiger partial charge in [0, 0.05) is 17.6 Å². The van der Waals surface area contributed by atoms with Crippen molar-refractivity contribution in [2.75, 3.05) is 0 Å². The molecular formula is C18H21F2N. The van der Waals surface area contributed by atoms with Gasteiger partial charge in [0.15, 0.2) is 0 Å². The zero-order valence-corrected chi connectivity index (χ0v) is 12.9. The van der Waals surface area contributed by atoms with Crippen LogP contribution in [0.1, 0.15) is 48.2 Å². The molecule has 0 amide bonds. The van der Waals surface area contributed by atoms with Crippen molar-refractivity contribution < 1.29 is 8.78 Å². The van der Waals surface area contributed by atoms with E-state index in [1.807, 2.05) is 45.0 Å². The van der Waals surface area contributed by atoms with Crippen LogP contribution in [0.5, 0.6) is 0 Å². The van der Waals surface area contributed by atoms with Crippen LogP contribution < -0.4 is 5.32 Å². The van der Waals surface area contributed by atoms with Crippen LogP contribution in [-0.4, -0.2) is 0 Å². The van der Waals surface area contributed by atoms with Crippen molar-refractivity contribution in [3.8, 4) is 0 Å². The molecule has 1 N–H and O–H groups in total. The summed E-state index contributed by atoms with van der Waals surface area (Å²) in [4.78, 5) is 0. The van der Waals surface area contributed by atoms with Crippen molar-refractivity contribution in [2.45, 2.75) is 39.8 Å². The summed E-state index contributed by atoms with van der Waals surface area (Å²) < 4.78 is 27.6. The van der Waals surface area contributed by atoms with Crippen LogP contribution in [-0.2, 0) is 0 Å². The van der Waals surface area contributed by atoms with E-state index in [2.05, 4.69) is 5.32 Å². The van der Waals surface area contributed by atoms with Crippen molar-refractivity contribution >= 4 is 0 Å². The van der Waals surface area contributed by atoms with Gasteiger partial charge in [-0.15, -0.1) is 0 Å². The number of benzene rings is 2. The van der Waals surface area contributed by atoms with Crippen molar-refractivity contribution in [2.24, 2.45) is 0 Å². The predicted molar refractivity (Wildman–Crippen MR) is 82.2 cm³/mol. The topological polar surface area (TPSA) is 12.0 Å². The van der Waals surface area contributed by atoms with Crippen LogP contribution in [0.4, 0.5) is 8.78 Å². The molecule has 0 heterocycles. The van der Waals surface area contributed by atoms with Crippen molar-refractivity contribution in [1.82, 2.24) is 5.32 Å². The summed E-state index contributed by atoms with van der Waals surface area (Å²) in [6.07, 6.45) is 0. The van der Waals surface area contributed by atoms with Crippen molar-refractivity contribution in [1.29, 1.82) is 0 Å². The normalized spacial score (nSPS) is 14.0. The Labute approximate surface area is 125 Å². The van der Waals surface area contributed by atoms with Gasteiger partial charge in [-0.05, 0) is 51.0 Å². The fourth-order valence-corrected chi connectivity index (χ4v) is 2.41. The summed E-state index contributed by atoms with van der Waals surface area (Å²) in [6.45, 7) is 7.46. The Kier molecular flexibility index (Phi) is 4.73. The molecule has 0 saturated heterocycles. The van der Waals surface area contributed by atoms with Gasteiger partial charge in [0.05, 0.1) is 0 Å². The largest absolute Gasteiger partial charge is 0.304 e. The lowest BCUT2D eigenvalue weighted by Gasteiger charge is -2.21. The molecule has 0 radical (unpaired) electrons. The van der Waals surface area contributed by atoms with Gasteiger partial charge in [-0.3, -0.25) is 0 Å². The second-order valence-corrected chi connectivity index (χ2v) is 5.64. The second kappa shape index (κ2) is 6.35. The highest BCUT2D eigenvalue weighted by Gasteiger charge is 2.16. The van der Waals surface area contributed by atoms with Gasteiger partial charge in [-0.1, -0.05) is 29.8 Å². The molecule has 2 aromatic rings. The summed E-state index contributed by atoms with van der Waals surface area (Å²) in [6, 6.07) is 10.5. The van der Waals surface area contributed by atoms with Crippen LogP contribution in [0.15, 0.2) is 36.4 Å². The van der Waals surface area contributed by atoms with E-state index in [0.717, 1.165) is 5.56 Å². The monoisotopic (exact) mass is 289 g/mol. The molecule has 0 fully saturated rings. The Hall–Kier alpha value is -1.74. The maximum Gasteiger partial charge on any atom is 0.128 e. The molecule has 0 bridgehead atoms. The zero-order valence-electron chi connectivity index (χ0n) is 12.9. The molecule has 2 aromatic carbocycles. The minimum Gasteiger partial charge on any atom is -0.304 e. The quantitative estimate of drug-likeness (QED) is 0.835. The molecule has 2 unspecified atom stereocenters. The van der Waals surface area contributed by atoms with Crippen molar-refractivity contribution in [3.63, 3.8) is 0 Å². The first-order chi connectivity index (χ1) is 9.88. The van der Waals surface area contributed by atoms with E-state index in [9.17, 15) is 8.78 Å². The van der Waals surface area contributed by atoms with E-state index in [4.69, 9.17) is 0 Å². The molecular weight excluding hydrogens is 268 g/mol. The lowest BCUT2D eigenvalue weighted by molar-refractivity contribution is 0.469. The Bertz CT molecular complexity index is 620. The molecule has 0 aromatic heterocycles. The molecule has 0 aliphatic carbocycles. The SMILES string of the molecule is Cc1ccc(C(C)NC(C)c2cc(F)c(C)cc2F)cc1.